The summed E-state index contributed by atoms with van der Waals surface area (Å²) in [6, 6.07) is 16.1. The van der Waals surface area contributed by atoms with Crippen LogP contribution in [-0.2, 0) is 4.79 Å². The molecule has 0 spiro atoms. The fraction of sp³-hybridized carbons (Fsp3) is 0.125. The summed E-state index contributed by atoms with van der Waals surface area (Å²) < 4.78 is 0.985. The zero-order valence-corrected chi connectivity index (χ0v) is 13.0. The number of nitrogens with one attached hydrogen (secondary N) is 2. The maximum Gasteiger partial charge on any atom is 0.246 e. The molecule has 0 aliphatic heterocycles. The van der Waals surface area contributed by atoms with E-state index >= 15 is 0 Å². The Morgan fingerprint density at radius 3 is 2.57 bits per heavy atom. The van der Waals surface area contributed by atoms with E-state index in [4.69, 9.17) is 5.26 Å². The number of carbonyl (C=O) groups excluding carboxylic acids is 1. The van der Waals surface area contributed by atoms with Crippen molar-refractivity contribution in [3.63, 3.8) is 0 Å². The van der Waals surface area contributed by atoms with Crippen molar-refractivity contribution in [2.24, 2.45) is 0 Å². The summed E-state index contributed by atoms with van der Waals surface area (Å²) in [5.74, 6) is -0.159. The maximum absolute atomic E-state index is 12.1. The van der Waals surface area contributed by atoms with E-state index in [0.29, 0.717) is 11.3 Å². The number of hydrogen-bond donors (Lipinski definition) is 2. The number of nitrogens with zero attached hydrogens (tertiary/aromatic N) is 1. The molecular formula is C16H14BrN3O. The van der Waals surface area contributed by atoms with Crippen LogP contribution in [0, 0.1) is 11.3 Å². The molecule has 0 aliphatic carbocycles. The molecule has 0 heterocycles. The van der Waals surface area contributed by atoms with E-state index in [2.05, 4.69) is 26.6 Å². The van der Waals surface area contributed by atoms with Gasteiger partial charge in [0.25, 0.3) is 0 Å². The average Bonchev–Trinajstić information content (AvgIpc) is 2.49. The van der Waals surface area contributed by atoms with Crippen molar-refractivity contribution < 1.29 is 4.79 Å². The maximum atomic E-state index is 12.1. The van der Waals surface area contributed by atoms with Gasteiger partial charge in [-0.05, 0) is 49.4 Å². The van der Waals surface area contributed by atoms with Crippen LogP contribution in [0.3, 0.4) is 0 Å². The lowest BCUT2D eigenvalue weighted by atomic mass is 10.2. The lowest BCUT2D eigenvalue weighted by Gasteiger charge is -2.15. The van der Waals surface area contributed by atoms with Crippen LogP contribution in [0.25, 0.3) is 0 Å². The predicted molar refractivity (Wildman–Crippen MR) is 87.0 cm³/mol. The van der Waals surface area contributed by atoms with Crippen LogP contribution in [0.2, 0.25) is 0 Å². The van der Waals surface area contributed by atoms with Crippen LogP contribution < -0.4 is 10.6 Å². The normalized spacial score (nSPS) is 11.3. The summed E-state index contributed by atoms with van der Waals surface area (Å²) in [4.78, 5) is 12.1. The molecule has 0 unspecified atom stereocenters. The molecule has 5 heteroatoms. The minimum absolute atomic E-state index is 0.159. The lowest BCUT2D eigenvalue weighted by molar-refractivity contribution is -0.116. The fourth-order valence-corrected chi connectivity index (χ4v) is 2.04. The number of halogens is 1. The fourth-order valence-electron chi connectivity index (χ4n) is 1.78. The summed E-state index contributed by atoms with van der Waals surface area (Å²) in [7, 11) is 0. The Balaban J connectivity index is 1.99. The van der Waals surface area contributed by atoms with Gasteiger partial charge in [-0.1, -0.05) is 22.0 Å². The van der Waals surface area contributed by atoms with Crippen LogP contribution in [0.4, 0.5) is 11.4 Å². The van der Waals surface area contributed by atoms with Gasteiger partial charge in [0.05, 0.1) is 11.6 Å². The number of hydrogen-bond acceptors (Lipinski definition) is 3. The molecule has 2 aromatic carbocycles. The number of benzene rings is 2. The van der Waals surface area contributed by atoms with Gasteiger partial charge < -0.3 is 10.6 Å². The van der Waals surface area contributed by atoms with E-state index in [-0.39, 0.29) is 5.91 Å². The summed E-state index contributed by atoms with van der Waals surface area (Å²) in [6.45, 7) is 1.78. The Morgan fingerprint density at radius 1 is 1.19 bits per heavy atom. The van der Waals surface area contributed by atoms with Crippen LogP contribution in [0.15, 0.2) is 53.0 Å². The van der Waals surface area contributed by atoms with Crippen LogP contribution >= 0.6 is 15.9 Å². The highest BCUT2D eigenvalue weighted by molar-refractivity contribution is 9.10. The molecule has 0 saturated heterocycles. The second-order valence-electron chi connectivity index (χ2n) is 4.55. The second-order valence-corrected chi connectivity index (χ2v) is 5.47. The van der Waals surface area contributed by atoms with Gasteiger partial charge in [0.2, 0.25) is 5.91 Å². The minimum Gasteiger partial charge on any atom is -0.374 e. The molecule has 2 N–H and O–H groups in total. The molecule has 0 saturated carbocycles. The smallest absolute Gasteiger partial charge is 0.246 e. The van der Waals surface area contributed by atoms with E-state index in [1.807, 2.05) is 30.3 Å². The van der Waals surface area contributed by atoms with E-state index in [9.17, 15) is 4.79 Å². The lowest BCUT2D eigenvalue weighted by Crippen LogP contribution is -2.31. The molecule has 1 atom stereocenters. The minimum atomic E-state index is -0.392. The van der Waals surface area contributed by atoms with Gasteiger partial charge in [0.1, 0.15) is 6.04 Å². The predicted octanol–water partition coefficient (Wildman–Crippen LogP) is 3.76. The van der Waals surface area contributed by atoms with E-state index in [0.717, 1.165) is 10.2 Å². The molecule has 21 heavy (non-hydrogen) atoms. The molecule has 106 valence electrons. The first-order valence-corrected chi connectivity index (χ1v) is 7.21. The van der Waals surface area contributed by atoms with Gasteiger partial charge in [-0.2, -0.15) is 5.26 Å². The van der Waals surface area contributed by atoms with Crippen molar-refractivity contribution in [2.45, 2.75) is 13.0 Å². The SMILES string of the molecule is C[C@H](Nc1ccc(Br)cc1)C(=O)Nc1cccc(C#N)c1. The molecule has 4 nitrogen and oxygen atoms in total. The topological polar surface area (TPSA) is 64.9 Å². The summed E-state index contributed by atoms with van der Waals surface area (Å²) in [6.07, 6.45) is 0. The highest BCUT2D eigenvalue weighted by atomic mass is 79.9. The standard InChI is InChI=1S/C16H14BrN3O/c1-11(19-14-7-5-13(17)6-8-14)16(21)20-15-4-2-3-12(9-15)10-18/h2-9,11,19H,1H3,(H,20,21)/t11-/m0/s1. The molecule has 0 radical (unpaired) electrons. The van der Waals surface area contributed by atoms with Crippen molar-refractivity contribution in [1.29, 1.82) is 5.26 Å². The van der Waals surface area contributed by atoms with E-state index in [1.165, 1.54) is 0 Å². The molecule has 2 rings (SSSR count). The number of nitriles is 1. The molecule has 0 bridgehead atoms. The Hall–Kier alpha value is -2.32. The Labute approximate surface area is 131 Å². The van der Waals surface area contributed by atoms with Crippen molar-refractivity contribution >= 4 is 33.2 Å². The number of carbonyl (C=O) groups is 1. The first-order valence-electron chi connectivity index (χ1n) is 6.41. The zero-order chi connectivity index (χ0) is 15.2. The van der Waals surface area contributed by atoms with Gasteiger partial charge in [-0.15, -0.1) is 0 Å². The third-order valence-corrected chi connectivity index (χ3v) is 3.41. The van der Waals surface area contributed by atoms with Gasteiger partial charge in [-0.25, -0.2) is 0 Å². The van der Waals surface area contributed by atoms with Crippen LogP contribution in [0.1, 0.15) is 12.5 Å². The second kappa shape index (κ2) is 6.91. The largest absolute Gasteiger partial charge is 0.374 e. The van der Waals surface area contributed by atoms with E-state index in [1.54, 1.807) is 31.2 Å². The summed E-state index contributed by atoms with van der Waals surface area (Å²) >= 11 is 3.36. The highest BCUT2D eigenvalue weighted by Gasteiger charge is 2.12. The van der Waals surface area contributed by atoms with Crippen molar-refractivity contribution in [2.75, 3.05) is 10.6 Å². The van der Waals surface area contributed by atoms with Crippen LogP contribution in [0.5, 0.6) is 0 Å². The van der Waals surface area contributed by atoms with Gasteiger partial charge in [-0.3, -0.25) is 4.79 Å². The molecule has 0 aromatic heterocycles. The first-order chi connectivity index (χ1) is 10.1. The van der Waals surface area contributed by atoms with E-state index < -0.39 is 6.04 Å². The molecule has 2 aromatic rings. The van der Waals surface area contributed by atoms with Crippen LogP contribution in [-0.4, -0.2) is 11.9 Å². The molecule has 0 fully saturated rings. The van der Waals surface area contributed by atoms with Crippen molar-refractivity contribution in [3.05, 3.63) is 58.6 Å². The monoisotopic (exact) mass is 343 g/mol. The molecule has 0 aliphatic rings. The van der Waals surface area contributed by atoms with Gasteiger partial charge in [0, 0.05) is 15.8 Å². The Bertz CT molecular complexity index is 677. The van der Waals surface area contributed by atoms with Gasteiger partial charge in [0.15, 0.2) is 0 Å². The quantitative estimate of drug-likeness (QED) is 0.888. The van der Waals surface area contributed by atoms with Gasteiger partial charge >= 0.3 is 0 Å². The Kier molecular flexibility index (Phi) is 4.96. The first kappa shape index (κ1) is 15.1. The Morgan fingerprint density at radius 2 is 1.90 bits per heavy atom. The highest BCUT2D eigenvalue weighted by Crippen LogP contribution is 2.16. The number of anilines is 2. The summed E-state index contributed by atoms with van der Waals surface area (Å²) in [5.41, 5.74) is 2.00. The summed E-state index contributed by atoms with van der Waals surface area (Å²) in [5, 5.41) is 14.7. The average molecular weight is 344 g/mol. The number of rotatable bonds is 4. The number of amides is 1. The molecule has 1 amide bonds. The van der Waals surface area contributed by atoms with Crippen molar-refractivity contribution in [1.82, 2.24) is 0 Å². The third-order valence-electron chi connectivity index (χ3n) is 2.88. The van der Waals surface area contributed by atoms with Crippen molar-refractivity contribution in [3.8, 4) is 6.07 Å². The third kappa shape index (κ3) is 4.33. The zero-order valence-electron chi connectivity index (χ0n) is 11.4. The molecular weight excluding hydrogens is 330 g/mol.